The molecule has 0 radical (unpaired) electrons. The van der Waals surface area contributed by atoms with Gasteiger partial charge in [0.2, 0.25) is 0 Å². The van der Waals surface area contributed by atoms with Crippen LogP contribution in [-0.4, -0.2) is 433 Å². The van der Waals surface area contributed by atoms with E-state index in [-0.39, 0.29) is 0 Å². The Labute approximate surface area is 551 Å². The van der Waals surface area contributed by atoms with Gasteiger partial charge in [0.1, 0.15) is 189 Å². The van der Waals surface area contributed by atoms with Gasteiger partial charge in [-0.2, -0.15) is 0 Å². The van der Waals surface area contributed by atoms with Gasteiger partial charge in [-0.25, -0.2) is 0 Å². The summed E-state index contributed by atoms with van der Waals surface area (Å²) in [5, 5.41) is 252. The van der Waals surface area contributed by atoms with Crippen LogP contribution in [-0.2, 0) is 80.5 Å². The average molecular weight is 1430 g/mol. The molecular weight excluding hydrogens is 1330 g/mol. The molecule has 42 heteroatoms. The molecule has 0 amide bonds. The molecule has 29 unspecified atom stereocenters. The van der Waals surface area contributed by atoms with E-state index in [0.29, 0.717) is 0 Å². The standard InChI is InChI=1S/C55H96N2O40/c1-11-26(67)33(74)40(18(8-61)81-11)90-53-38(79)45(28(69)16(6-59)85-53)95-48-21(56)43(93-50-35(76)30(71)23(64)12(2)82-50)41(19(9-62)88-48)91-54-39(80)46(29(70)17(7-60)86-54)96-49-22(57)44(94-51-36(77)31(72)24(65)13(3)83-51)42(20(10-63)89-49)92-55-47(34(75)27(68)15(5-58)87-55)97-52-37(78)32(73)25(66)14(4)84-52/h11-55,58-80H,5-10,56-57H2,1-4H3/t11-,12?,13?,14+,15?,16?,17?,18?,19?,20?,21?,22?,23+,24+,25?,26?,27-,28-,29-,30?,31?,32?,33?,34?,35?,36?,37?,38?,39?,40-,41-,42-,43?,44?,45?,46?,47?,48-,49-,50?,51?,52-,53-,54-,55-/m0/s1. The third-order valence-corrected chi connectivity index (χ3v) is 19.1. The van der Waals surface area contributed by atoms with Crippen LogP contribution in [0, 0.1) is 0 Å². The van der Waals surface area contributed by atoms with Gasteiger partial charge in [-0.3, -0.25) is 0 Å². The van der Waals surface area contributed by atoms with Crippen molar-refractivity contribution in [3.05, 3.63) is 0 Å². The Bertz CT molecular complexity index is 2410. The first-order valence-electron chi connectivity index (χ1n) is 31.7. The zero-order chi connectivity index (χ0) is 71.2. The smallest absolute Gasteiger partial charge is 0.187 e. The fraction of sp³-hybridized carbons (Fsp3) is 1.00. The lowest BCUT2D eigenvalue weighted by atomic mass is 9.93. The van der Waals surface area contributed by atoms with E-state index in [9.17, 15) is 117 Å². The van der Waals surface area contributed by atoms with Crippen molar-refractivity contribution in [2.24, 2.45) is 11.5 Å². The zero-order valence-electron chi connectivity index (χ0n) is 52.6. The molecule has 9 aliphatic heterocycles. The second kappa shape index (κ2) is 33.6. The Hall–Kier alpha value is -1.68. The molecule has 42 nitrogen and oxygen atoms in total. The quantitative estimate of drug-likeness (QED) is 0.0479. The second-order valence-electron chi connectivity index (χ2n) is 25.6. The Morgan fingerprint density at radius 1 is 0.206 bits per heavy atom. The molecule has 9 aliphatic rings. The maximum absolute atomic E-state index is 12.3. The second-order valence-corrected chi connectivity index (χ2v) is 25.6. The van der Waals surface area contributed by atoms with Crippen LogP contribution >= 0.6 is 0 Å². The summed E-state index contributed by atoms with van der Waals surface area (Å²) in [6.07, 6.45) is -80.0. The number of hydrogen-bond donors (Lipinski definition) is 25. The molecule has 97 heavy (non-hydrogen) atoms. The van der Waals surface area contributed by atoms with Crippen LogP contribution in [0.5, 0.6) is 0 Å². The molecule has 566 valence electrons. The highest BCUT2D eigenvalue weighted by Crippen LogP contribution is 2.40. The maximum atomic E-state index is 12.3. The van der Waals surface area contributed by atoms with E-state index in [1.54, 1.807) is 0 Å². The fourth-order valence-electron chi connectivity index (χ4n) is 13.1. The van der Waals surface area contributed by atoms with Gasteiger partial charge in [0, 0.05) is 0 Å². The lowest BCUT2D eigenvalue weighted by Gasteiger charge is -2.52. The highest BCUT2D eigenvalue weighted by Gasteiger charge is 2.61. The molecule has 9 fully saturated rings. The van der Waals surface area contributed by atoms with Crippen molar-refractivity contribution in [1.29, 1.82) is 0 Å². The third kappa shape index (κ3) is 16.3. The minimum absolute atomic E-state index is 0.778. The van der Waals surface area contributed by atoms with Crippen LogP contribution in [0.2, 0.25) is 0 Å². The lowest BCUT2D eigenvalue weighted by Crippen LogP contribution is -2.71. The summed E-state index contributed by atoms with van der Waals surface area (Å²) < 4.78 is 101. The van der Waals surface area contributed by atoms with E-state index in [0.717, 1.165) is 0 Å². The van der Waals surface area contributed by atoms with Gasteiger partial charge < -0.3 is 209 Å². The maximum Gasteiger partial charge on any atom is 0.187 e. The van der Waals surface area contributed by atoms with Crippen molar-refractivity contribution in [2.45, 2.75) is 304 Å². The SMILES string of the molecule is CC1OC(OC2C(N)[C@H](OC3C(O)[C@H](O[C@H]4C(CO)O[C@@H](C)C(O)C4O)OC(CO)[C@@H]3O)OC(CO)[C@@H]2O[C@@H]2OC(CO)[C@H](O)C(O[C@@H]3OC(CO)[C@H](O[C@@H]4OC(CO)[C@H](O)C(O)C4O[C@@H]4O[C@H](C)C(O)C(O)C4O)C(OC4OC(C)[C@@H](O)C(O)C4O)C3N)C2O)C(O)C(O)[C@@H]1O. The number of nitrogens with two attached hydrogens (primary N) is 2. The van der Waals surface area contributed by atoms with E-state index in [1.807, 2.05) is 0 Å². The molecule has 0 saturated carbocycles. The largest absolute Gasteiger partial charge is 0.394 e. The molecule has 0 bridgehead atoms. The molecule has 0 aromatic heterocycles. The minimum atomic E-state index is -2.35. The van der Waals surface area contributed by atoms with Crippen molar-refractivity contribution >= 4 is 0 Å². The lowest BCUT2D eigenvalue weighted by molar-refractivity contribution is -0.403. The van der Waals surface area contributed by atoms with Crippen LogP contribution in [0.15, 0.2) is 0 Å². The van der Waals surface area contributed by atoms with Gasteiger partial charge in [-0.1, -0.05) is 0 Å². The Morgan fingerprint density at radius 3 is 0.825 bits per heavy atom. The average Bonchev–Trinajstić information content (AvgIpc) is 0.770. The Morgan fingerprint density at radius 2 is 0.454 bits per heavy atom. The number of rotatable bonds is 22. The van der Waals surface area contributed by atoms with E-state index >= 15 is 0 Å². The van der Waals surface area contributed by atoms with E-state index in [2.05, 4.69) is 0 Å². The summed E-state index contributed by atoms with van der Waals surface area (Å²) >= 11 is 0. The first kappa shape index (κ1) is 79.4. The van der Waals surface area contributed by atoms with E-state index < -0.39 is 316 Å². The molecule has 0 aromatic carbocycles. The highest BCUT2D eigenvalue weighted by molar-refractivity contribution is 5.04. The predicted octanol–water partition coefficient (Wildman–Crippen LogP) is -16.5. The van der Waals surface area contributed by atoms with Crippen LogP contribution < -0.4 is 11.5 Å². The van der Waals surface area contributed by atoms with Gasteiger partial charge >= 0.3 is 0 Å². The first-order valence-corrected chi connectivity index (χ1v) is 31.7. The number of hydrogen-bond acceptors (Lipinski definition) is 42. The summed E-state index contributed by atoms with van der Waals surface area (Å²) in [5.74, 6) is 0. The van der Waals surface area contributed by atoms with Crippen LogP contribution in [0.4, 0.5) is 0 Å². The molecule has 0 aromatic rings. The molecule has 9 saturated heterocycles. The summed E-state index contributed by atoms with van der Waals surface area (Å²) in [6.45, 7) is -0.886. The topological polar surface area (TPSA) is 674 Å². The highest BCUT2D eigenvalue weighted by atomic mass is 16.8. The third-order valence-electron chi connectivity index (χ3n) is 19.1. The molecule has 9 heterocycles. The van der Waals surface area contributed by atoms with Crippen LogP contribution in [0.1, 0.15) is 27.7 Å². The fourth-order valence-corrected chi connectivity index (χ4v) is 13.1. The molecular formula is C55H96N2O40. The van der Waals surface area contributed by atoms with Gasteiger partial charge in [-0.15, -0.1) is 0 Å². The van der Waals surface area contributed by atoms with Crippen LogP contribution in [0.25, 0.3) is 0 Å². The van der Waals surface area contributed by atoms with Gasteiger partial charge in [-0.05, 0) is 27.7 Å². The predicted molar refractivity (Wildman–Crippen MR) is 300 cm³/mol. The minimum Gasteiger partial charge on any atom is -0.394 e. The van der Waals surface area contributed by atoms with E-state index in [4.69, 9.17) is 92.0 Å². The normalized spacial score (nSPS) is 55.0. The number of aliphatic hydroxyl groups is 23. The zero-order valence-corrected chi connectivity index (χ0v) is 52.6. The molecule has 45 atom stereocenters. The molecule has 0 spiro atoms. The van der Waals surface area contributed by atoms with Crippen LogP contribution in [0.3, 0.4) is 0 Å². The summed E-state index contributed by atoms with van der Waals surface area (Å²) in [7, 11) is 0. The van der Waals surface area contributed by atoms with Crippen molar-refractivity contribution < 1.29 is 198 Å². The van der Waals surface area contributed by atoms with Gasteiger partial charge in [0.05, 0.1) is 76.1 Å². The van der Waals surface area contributed by atoms with Crippen molar-refractivity contribution in [1.82, 2.24) is 0 Å². The molecule has 0 aliphatic carbocycles. The summed E-state index contributed by atoms with van der Waals surface area (Å²) in [6, 6.07) is -3.81. The van der Waals surface area contributed by atoms with Crippen molar-refractivity contribution in [2.75, 3.05) is 39.6 Å². The van der Waals surface area contributed by atoms with Gasteiger partial charge in [0.25, 0.3) is 0 Å². The Kier molecular flexibility index (Phi) is 27.5. The molecule has 9 rings (SSSR count). The molecule has 27 N–H and O–H groups in total. The van der Waals surface area contributed by atoms with Crippen molar-refractivity contribution in [3.63, 3.8) is 0 Å². The number of ether oxygens (including phenoxy) is 17. The van der Waals surface area contributed by atoms with Gasteiger partial charge in [0.15, 0.2) is 50.3 Å². The van der Waals surface area contributed by atoms with E-state index in [1.165, 1.54) is 27.7 Å². The van der Waals surface area contributed by atoms with Crippen molar-refractivity contribution in [3.8, 4) is 0 Å². The number of aliphatic hydroxyl groups excluding tert-OH is 23. The Balaban J connectivity index is 1.00. The summed E-state index contributed by atoms with van der Waals surface area (Å²) in [5.41, 5.74) is 13.7. The summed E-state index contributed by atoms with van der Waals surface area (Å²) in [4.78, 5) is 0. The first-order chi connectivity index (χ1) is 45.9. The monoisotopic (exact) mass is 1420 g/mol.